The van der Waals surface area contributed by atoms with Gasteiger partial charge in [0.1, 0.15) is 0 Å². The van der Waals surface area contributed by atoms with Crippen molar-refractivity contribution in [1.82, 2.24) is 15.0 Å². The lowest BCUT2D eigenvalue weighted by molar-refractivity contribution is 0.111. The fourth-order valence-corrected chi connectivity index (χ4v) is 3.15. The van der Waals surface area contributed by atoms with Crippen LogP contribution in [0.4, 0.5) is 10.8 Å². The average molecular weight is 264 g/mol. The van der Waals surface area contributed by atoms with Gasteiger partial charge in [-0.3, -0.25) is 5.32 Å². The Balaban J connectivity index is 1.57. The molecule has 0 atom stereocenters. The Kier molecular flexibility index (Phi) is 3.16. The van der Waals surface area contributed by atoms with Crippen molar-refractivity contribution in [3.63, 3.8) is 0 Å². The van der Waals surface area contributed by atoms with Gasteiger partial charge >= 0.3 is 12.0 Å². The second kappa shape index (κ2) is 4.83. The molecule has 0 aromatic carbocycles. The summed E-state index contributed by atoms with van der Waals surface area (Å²) in [6.45, 7) is 3.38. The molecule has 1 N–H and O–H groups in total. The highest BCUT2D eigenvalue weighted by atomic mass is 16.5. The van der Waals surface area contributed by atoms with E-state index in [0.29, 0.717) is 11.2 Å². The SMILES string of the molecule is Cc1noc(NC(=O)N2CCCC3(CCC3)CC2)n1. The maximum Gasteiger partial charge on any atom is 0.329 e. The molecule has 1 aliphatic heterocycles. The number of carbonyl (C=O) groups is 1. The van der Waals surface area contributed by atoms with E-state index in [-0.39, 0.29) is 12.0 Å². The van der Waals surface area contributed by atoms with Crippen LogP contribution in [0.5, 0.6) is 0 Å². The lowest BCUT2D eigenvalue weighted by atomic mass is 9.64. The van der Waals surface area contributed by atoms with Crippen LogP contribution >= 0.6 is 0 Å². The van der Waals surface area contributed by atoms with Gasteiger partial charge in [0.05, 0.1) is 0 Å². The van der Waals surface area contributed by atoms with E-state index in [1.165, 1.54) is 25.7 Å². The molecule has 2 heterocycles. The molecule has 19 heavy (non-hydrogen) atoms. The second-order valence-electron chi connectivity index (χ2n) is 5.77. The fraction of sp³-hybridized carbons (Fsp3) is 0.769. The number of amides is 2. The van der Waals surface area contributed by atoms with Gasteiger partial charge in [-0.05, 0) is 44.4 Å². The van der Waals surface area contributed by atoms with Gasteiger partial charge in [-0.15, -0.1) is 0 Å². The topological polar surface area (TPSA) is 71.3 Å². The van der Waals surface area contributed by atoms with E-state index in [2.05, 4.69) is 15.5 Å². The van der Waals surface area contributed by atoms with Crippen LogP contribution in [0, 0.1) is 12.3 Å². The minimum Gasteiger partial charge on any atom is -0.324 e. The van der Waals surface area contributed by atoms with Crippen LogP contribution in [-0.4, -0.2) is 34.2 Å². The molecule has 6 heteroatoms. The Labute approximate surface area is 112 Å². The van der Waals surface area contributed by atoms with Gasteiger partial charge in [0, 0.05) is 13.1 Å². The first kappa shape index (κ1) is 12.4. The van der Waals surface area contributed by atoms with Crippen LogP contribution in [0.15, 0.2) is 4.52 Å². The van der Waals surface area contributed by atoms with Crippen LogP contribution < -0.4 is 5.32 Å². The number of hydrogen-bond donors (Lipinski definition) is 1. The predicted octanol–water partition coefficient (Wildman–Crippen LogP) is 2.57. The molecule has 1 aromatic heterocycles. The highest BCUT2D eigenvalue weighted by Crippen LogP contribution is 2.48. The highest BCUT2D eigenvalue weighted by molar-refractivity contribution is 5.87. The first-order valence-electron chi connectivity index (χ1n) is 7.03. The molecule has 1 saturated carbocycles. The third kappa shape index (κ3) is 2.57. The number of carbonyl (C=O) groups excluding carboxylic acids is 1. The lowest BCUT2D eigenvalue weighted by Crippen LogP contribution is -2.37. The molecule has 2 fully saturated rings. The van der Waals surface area contributed by atoms with Crippen LogP contribution in [0.1, 0.15) is 44.3 Å². The minimum atomic E-state index is -0.125. The Morgan fingerprint density at radius 1 is 1.26 bits per heavy atom. The van der Waals surface area contributed by atoms with Gasteiger partial charge in [-0.2, -0.15) is 4.98 Å². The number of aromatic nitrogens is 2. The van der Waals surface area contributed by atoms with Gasteiger partial charge < -0.3 is 9.42 Å². The molecule has 1 aromatic rings. The second-order valence-corrected chi connectivity index (χ2v) is 5.77. The monoisotopic (exact) mass is 264 g/mol. The molecular weight excluding hydrogens is 244 g/mol. The number of aryl methyl sites for hydroxylation is 1. The zero-order valence-corrected chi connectivity index (χ0v) is 11.3. The van der Waals surface area contributed by atoms with Crippen LogP contribution in [0.2, 0.25) is 0 Å². The first-order valence-corrected chi connectivity index (χ1v) is 7.03. The standard InChI is InChI=1S/C13H20N4O2/c1-10-14-11(19-16-10)15-12(18)17-8-3-6-13(7-9-17)4-2-5-13/h2-9H2,1H3,(H,14,15,16,18). The summed E-state index contributed by atoms with van der Waals surface area (Å²) in [5.41, 5.74) is 0.538. The molecule has 2 amide bonds. The number of hydrogen-bond acceptors (Lipinski definition) is 4. The third-order valence-corrected chi connectivity index (χ3v) is 4.49. The van der Waals surface area contributed by atoms with E-state index >= 15 is 0 Å². The van der Waals surface area contributed by atoms with E-state index < -0.39 is 0 Å². The van der Waals surface area contributed by atoms with Gasteiger partial charge in [-0.25, -0.2) is 4.79 Å². The van der Waals surface area contributed by atoms with Crippen molar-refractivity contribution in [2.75, 3.05) is 18.4 Å². The maximum absolute atomic E-state index is 12.1. The van der Waals surface area contributed by atoms with E-state index in [9.17, 15) is 4.79 Å². The molecule has 0 bridgehead atoms. The fourth-order valence-electron chi connectivity index (χ4n) is 3.15. The molecule has 0 radical (unpaired) electrons. The van der Waals surface area contributed by atoms with Gasteiger partial charge in [0.2, 0.25) is 0 Å². The molecule has 6 nitrogen and oxygen atoms in total. The Bertz CT molecular complexity index is 467. The molecular formula is C13H20N4O2. The molecule has 1 saturated heterocycles. The summed E-state index contributed by atoms with van der Waals surface area (Å²) in [5.74, 6) is 0.527. The highest BCUT2D eigenvalue weighted by Gasteiger charge is 2.38. The summed E-state index contributed by atoms with van der Waals surface area (Å²) >= 11 is 0. The summed E-state index contributed by atoms with van der Waals surface area (Å²) < 4.78 is 4.91. The van der Waals surface area contributed by atoms with Gasteiger partial charge in [-0.1, -0.05) is 11.6 Å². The predicted molar refractivity (Wildman–Crippen MR) is 69.8 cm³/mol. The number of nitrogens with zero attached hydrogens (tertiary/aromatic N) is 3. The van der Waals surface area contributed by atoms with Gasteiger partial charge in [0.15, 0.2) is 5.82 Å². The quantitative estimate of drug-likeness (QED) is 0.846. The van der Waals surface area contributed by atoms with Crippen molar-refractivity contribution in [3.05, 3.63) is 5.82 Å². The van der Waals surface area contributed by atoms with Crippen molar-refractivity contribution >= 4 is 12.0 Å². The molecule has 1 aliphatic carbocycles. The van der Waals surface area contributed by atoms with E-state index in [1.54, 1.807) is 6.92 Å². The van der Waals surface area contributed by atoms with Crippen molar-refractivity contribution in [2.45, 2.75) is 45.4 Å². The normalized spacial score (nSPS) is 21.8. The molecule has 104 valence electrons. The smallest absolute Gasteiger partial charge is 0.324 e. The van der Waals surface area contributed by atoms with Crippen LogP contribution in [0.3, 0.4) is 0 Å². The lowest BCUT2D eigenvalue weighted by Gasteiger charge is -2.41. The zero-order valence-electron chi connectivity index (χ0n) is 11.3. The van der Waals surface area contributed by atoms with E-state index in [0.717, 1.165) is 25.9 Å². The minimum absolute atomic E-state index is 0.125. The van der Waals surface area contributed by atoms with Crippen molar-refractivity contribution < 1.29 is 9.32 Å². The van der Waals surface area contributed by atoms with Gasteiger partial charge in [0.25, 0.3) is 0 Å². The average Bonchev–Trinajstić information content (AvgIpc) is 2.64. The summed E-state index contributed by atoms with van der Waals surface area (Å²) in [4.78, 5) is 18.0. The summed E-state index contributed by atoms with van der Waals surface area (Å²) in [6.07, 6.45) is 7.51. The number of rotatable bonds is 1. The van der Waals surface area contributed by atoms with Crippen molar-refractivity contribution in [3.8, 4) is 0 Å². The third-order valence-electron chi connectivity index (χ3n) is 4.49. The molecule has 0 unspecified atom stereocenters. The Morgan fingerprint density at radius 2 is 2.05 bits per heavy atom. The molecule has 2 aliphatic rings. The van der Waals surface area contributed by atoms with E-state index in [1.807, 2.05) is 4.90 Å². The molecule has 3 rings (SSSR count). The van der Waals surface area contributed by atoms with Crippen molar-refractivity contribution in [1.29, 1.82) is 0 Å². The number of anilines is 1. The van der Waals surface area contributed by atoms with E-state index in [4.69, 9.17) is 4.52 Å². The largest absolute Gasteiger partial charge is 0.329 e. The molecule has 1 spiro atoms. The number of likely N-dealkylation sites (tertiary alicyclic amines) is 1. The number of urea groups is 1. The zero-order chi connectivity index (χ0) is 13.3. The van der Waals surface area contributed by atoms with Crippen LogP contribution in [-0.2, 0) is 0 Å². The summed E-state index contributed by atoms with van der Waals surface area (Å²) in [6, 6.07) is 0.0603. The summed E-state index contributed by atoms with van der Waals surface area (Å²) in [7, 11) is 0. The van der Waals surface area contributed by atoms with Crippen LogP contribution in [0.25, 0.3) is 0 Å². The first-order chi connectivity index (χ1) is 9.17. The van der Waals surface area contributed by atoms with Crippen molar-refractivity contribution in [2.24, 2.45) is 5.41 Å². The maximum atomic E-state index is 12.1. The number of nitrogens with one attached hydrogen (secondary N) is 1. The Morgan fingerprint density at radius 3 is 2.68 bits per heavy atom. The Hall–Kier alpha value is -1.59. The summed E-state index contributed by atoms with van der Waals surface area (Å²) in [5, 5.41) is 6.33.